The topological polar surface area (TPSA) is 105 Å². The number of rotatable bonds is 7. The third-order valence-electron chi connectivity index (χ3n) is 27.7. The molecule has 131 heavy (non-hydrogen) atoms. The van der Waals surface area contributed by atoms with Crippen LogP contribution in [0.15, 0.2) is 413 Å². The lowest BCUT2D eigenvalue weighted by Crippen LogP contribution is -2.14. The second-order valence-corrected chi connectivity index (χ2v) is 35.9. The van der Waals surface area contributed by atoms with Crippen molar-refractivity contribution in [3.8, 4) is 85.0 Å². The molecule has 19 aromatic carbocycles. The molecule has 10 nitrogen and oxygen atoms in total. The van der Waals surface area contributed by atoms with Crippen LogP contribution < -0.4 is 0 Å². The monoisotopic (exact) mass is 1670 g/mol. The van der Waals surface area contributed by atoms with Gasteiger partial charge < -0.3 is 0 Å². The molecule has 0 aliphatic heterocycles. The van der Waals surface area contributed by atoms with E-state index in [0.29, 0.717) is 17.7 Å². The SMILES string of the molecule is CC1(C)c2ccccc2-c2cc3cc(-c4nc(-n5c6ccccc6c6cc7ccccc7cc65)nc5ccccc45)ccc3cc21.CC1(C)c2ccccc2-c2cc3ccc(-c4nc(-n5c6ccccc6c6cc7ccccc7cc65)nc5ccccc45)cc3cc21.c1ccc(-c2ccc(-c3nc(-n4c5ccccc5c5cc6ccccc6cc54)c4ncccc4n3)cc2)cc1. The minimum absolute atomic E-state index is 0.0236. The lowest BCUT2D eigenvalue weighted by atomic mass is 9.82. The Morgan fingerprint density at radius 3 is 1.07 bits per heavy atom. The number of pyridine rings is 1. The zero-order valence-corrected chi connectivity index (χ0v) is 72.2. The Labute approximate surface area is 754 Å². The van der Waals surface area contributed by atoms with E-state index in [4.69, 9.17) is 34.9 Å². The highest BCUT2D eigenvalue weighted by Gasteiger charge is 2.37. The quantitative estimate of drug-likeness (QED) is 0.156. The summed E-state index contributed by atoms with van der Waals surface area (Å²) in [6.07, 6.45) is 1.81. The summed E-state index contributed by atoms with van der Waals surface area (Å²) in [4.78, 5) is 36.0. The second-order valence-electron chi connectivity index (χ2n) is 35.9. The Bertz CT molecular complexity index is 9320. The van der Waals surface area contributed by atoms with Crippen LogP contribution in [-0.4, -0.2) is 48.6 Å². The Hall–Kier alpha value is -17.0. The molecule has 26 aromatic rings. The van der Waals surface area contributed by atoms with Crippen molar-refractivity contribution in [2.75, 3.05) is 0 Å². The standard InChI is InChI=1S/2C43H29N3.C35H22N4/c1-43(2)36-16-8-5-13-31(36)34-22-28-19-20-29(21-30(28)24-37(34)43)41-33-15-6-9-17-38(33)44-42(45-41)46-39-18-10-7-14-32(39)35-23-26-11-3-4-12-27(26)25-40(35)46;1-43(2)36-16-8-5-13-31(36)34-23-30-21-29(20-19-28(30)24-37(34)43)41-33-15-6-9-17-38(33)44-42(45-41)46-39-18-10-7-14-32(39)35-22-26-11-3-4-12-27(26)25-40(35)46;1-2-9-23(10-3-1)24-16-18-25(19-17-24)34-37-30-14-8-20-36-33(30)35(38-34)39-31-15-7-6-13-28(31)29-21-26-11-4-5-12-27(26)22-32(29)39/h2*3-25H,1-2H3;1-22H. The first kappa shape index (κ1) is 75.4. The van der Waals surface area contributed by atoms with Gasteiger partial charge in [-0.1, -0.05) is 319 Å². The van der Waals surface area contributed by atoms with Gasteiger partial charge in [0.25, 0.3) is 0 Å². The molecular formula is C121H80N10. The van der Waals surface area contributed by atoms with E-state index in [1.165, 1.54) is 136 Å². The van der Waals surface area contributed by atoms with Gasteiger partial charge in [0.2, 0.25) is 11.9 Å². The highest BCUT2D eigenvalue weighted by Crippen LogP contribution is 2.53. The van der Waals surface area contributed by atoms with Crippen LogP contribution in [0.5, 0.6) is 0 Å². The van der Waals surface area contributed by atoms with Crippen molar-refractivity contribution in [2.45, 2.75) is 38.5 Å². The van der Waals surface area contributed by atoms with Gasteiger partial charge in [0.15, 0.2) is 11.6 Å². The number of para-hydroxylation sites is 5. The fraction of sp³-hybridized carbons (Fsp3) is 0.0496. The van der Waals surface area contributed by atoms with Crippen molar-refractivity contribution in [3.05, 3.63) is 435 Å². The molecule has 2 aliphatic rings. The summed E-state index contributed by atoms with van der Waals surface area (Å²) in [6, 6.07) is 145. The van der Waals surface area contributed by atoms with Crippen molar-refractivity contribution in [2.24, 2.45) is 0 Å². The number of fused-ring (bicyclic) bond motifs is 23. The summed E-state index contributed by atoms with van der Waals surface area (Å²) >= 11 is 0. The van der Waals surface area contributed by atoms with Crippen LogP contribution in [0.4, 0.5) is 0 Å². The first-order chi connectivity index (χ1) is 64.4. The van der Waals surface area contributed by atoms with Crippen molar-refractivity contribution in [3.63, 3.8) is 0 Å². The van der Waals surface area contributed by atoms with Crippen LogP contribution in [-0.2, 0) is 10.8 Å². The van der Waals surface area contributed by atoms with Crippen molar-refractivity contribution < 1.29 is 0 Å². The predicted octanol–water partition coefficient (Wildman–Crippen LogP) is 30.6. The number of hydrogen-bond donors (Lipinski definition) is 0. The lowest BCUT2D eigenvalue weighted by molar-refractivity contribution is 0.661. The molecule has 0 atom stereocenters. The van der Waals surface area contributed by atoms with Crippen LogP contribution in [0.25, 0.3) is 237 Å². The maximum atomic E-state index is 5.39. The van der Waals surface area contributed by atoms with Gasteiger partial charge in [-0.25, -0.2) is 29.9 Å². The first-order valence-corrected chi connectivity index (χ1v) is 44.9. The summed E-state index contributed by atoms with van der Waals surface area (Å²) in [5.74, 6) is 2.82. The molecule has 0 saturated heterocycles. The molecule has 614 valence electrons. The maximum Gasteiger partial charge on any atom is 0.235 e. The van der Waals surface area contributed by atoms with Gasteiger partial charge in [0.05, 0.1) is 61.0 Å². The van der Waals surface area contributed by atoms with Crippen LogP contribution in [0, 0.1) is 0 Å². The largest absolute Gasteiger partial charge is 0.292 e. The van der Waals surface area contributed by atoms with Crippen molar-refractivity contribution >= 4 is 152 Å². The zero-order valence-electron chi connectivity index (χ0n) is 72.2. The Kier molecular flexibility index (Phi) is 16.9. The summed E-state index contributed by atoms with van der Waals surface area (Å²) in [5.41, 5.74) is 28.3. The third kappa shape index (κ3) is 12.1. The summed E-state index contributed by atoms with van der Waals surface area (Å²) < 4.78 is 6.72. The van der Waals surface area contributed by atoms with Gasteiger partial charge in [-0.15, -0.1) is 0 Å². The van der Waals surface area contributed by atoms with Gasteiger partial charge in [-0.05, 0) is 225 Å². The molecule has 0 unspecified atom stereocenters. The van der Waals surface area contributed by atoms with Gasteiger partial charge in [0, 0.05) is 76.8 Å². The Morgan fingerprint density at radius 2 is 0.565 bits per heavy atom. The molecule has 7 heterocycles. The summed E-state index contributed by atoms with van der Waals surface area (Å²) in [5, 5.41) is 21.5. The number of hydrogen-bond acceptors (Lipinski definition) is 7. The molecule has 0 bridgehead atoms. The molecular weight excluding hydrogens is 1590 g/mol. The van der Waals surface area contributed by atoms with E-state index < -0.39 is 0 Å². The van der Waals surface area contributed by atoms with Gasteiger partial charge in [-0.3, -0.25) is 18.7 Å². The van der Waals surface area contributed by atoms with E-state index >= 15 is 0 Å². The van der Waals surface area contributed by atoms with E-state index in [9.17, 15) is 0 Å². The Morgan fingerprint density at radius 1 is 0.206 bits per heavy atom. The highest BCUT2D eigenvalue weighted by molar-refractivity contribution is 6.17. The molecule has 2 aliphatic carbocycles. The van der Waals surface area contributed by atoms with Gasteiger partial charge in [0.1, 0.15) is 5.52 Å². The van der Waals surface area contributed by atoms with Crippen molar-refractivity contribution in [1.82, 2.24) is 48.6 Å². The smallest absolute Gasteiger partial charge is 0.235 e. The zero-order chi connectivity index (χ0) is 86.9. The fourth-order valence-electron chi connectivity index (χ4n) is 21.3. The second kappa shape index (κ2) is 29.3. The number of aromatic nitrogens is 10. The Balaban J connectivity index is 0.000000104. The molecule has 0 N–H and O–H groups in total. The molecule has 0 radical (unpaired) electrons. The number of benzene rings is 19. The molecule has 10 heteroatoms. The maximum absolute atomic E-state index is 5.39. The summed E-state index contributed by atoms with van der Waals surface area (Å²) in [7, 11) is 0. The van der Waals surface area contributed by atoms with E-state index in [1.54, 1.807) is 0 Å². The van der Waals surface area contributed by atoms with Gasteiger partial charge >= 0.3 is 0 Å². The number of nitrogens with zero attached hydrogens (tertiary/aromatic N) is 10. The van der Waals surface area contributed by atoms with Crippen molar-refractivity contribution in [1.29, 1.82) is 0 Å². The molecule has 0 amide bonds. The molecule has 0 saturated carbocycles. The van der Waals surface area contributed by atoms with Crippen LogP contribution in [0.1, 0.15) is 49.9 Å². The fourth-order valence-corrected chi connectivity index (χ4v) is 21.3. The van der Waals surface area contributed by atoms with E-state index in [0.717, 1.165) is 105 Å². The lowest BCUT2D eigenvalue weighted by Gasteiger charge is -2.21. The average Bonchev–Trinajstić information content (AvgIpc) is 1.60. The first-order valence-electron chi connectivity index (χ1n) is 44.9. The normalized spacial score (nSPS) is 13.0. The molecule has 0 fully saturated rings. The molecule has 28 rings (SSSR count). The minimum atomic E-state index is -0.0500. The van der Waals surface area contributed by atoms with Crippen LogP contribution in [0.3, 0.4) is 0 Å². The van der Waals surface area contributed by atoms with E-state index in [-0.39, 0.29) is 10.8 Å². The van der Waals surface area contributed by atoms with E-state index in [2.05, 4.69) is 430 Å². The van der Waals surface area contributed by atoms with Gasteiger partial charge in [-0.2, -0.15) is 0 Å². The average molecular weight is 1670 g/mol. The van der Waals surface area contributed by atoms with E-state index in [1.807, 2.05) is 24.4 Å². The minimum Gasteiger partial charge on any atom is -0.292 e. The highest BCUT2D eigenvalue weighted by atomic mass is 15.2. The molecule has 7 aromatic heterocycles. The van der Waals surface area contributed by atoms with Crippen LogP contribution >= 0.6 is 0 Å². The third-order valence-corrected chi connectivity index (χ3v) is 27.7. The predicted molar refractivity (Wildman–Crippen MR) is 544 cm³/mol. The molecule has 0 spiro atoms. The van der Waals surface area contributed by atoms with Crippen LogP contribution in [0.2, 0.25) is 0 Å². The summed E-state index contributed by atoms with van der Waals surface area (Å²) in [6.45, 7) is 9.35.